The van der Waals surface area contributed by atoms with Crippen LogP contribution in [-0.2, 0) is 11.8 Å². The van der Waals surface area contributed by atoms with E-state index >= 15 is 0 Å². The van der Waals surface area contributed by atoms with Gasteiger partial charge in [0.1, 0.15) is 0 Å². The second kappa shape index (κ2) is 4.28. The number of benzene rings is 1. The van der Waals surface area contributed by atoms with E-state index in [2.05, 4.69) is 30.7 Å². The van der Waals surface area contributed by atoms with Crippen molar-refractivity contribution in [3.63, 3.8) is 0 Å². The Morgan fingerprint density at radius 1 is 1.38 bits per heavy atom. The SMILES string of the molecule is COCC(N)c1c(C)n(C)c2ccccc12. The van der Waals surface area contributed by atoms with Crippen molar-refractivity contribution in [3.05, 3.63) is 35.5 Å². The Bertz CT molecular complexity index is 502. The van der Waals surface area contributed by atoms with E-state index in [1.165, 1.54) is 22.2 Å². The van der Waals surface area contributed by atoms with Crippen LogP contribution in [0.25, 0.3) is 10.9 Å². The third kappa shape index (κ3) is 1.62. The van der Waals surface area contributed by atoms with Crippen molar-refractivity contribution in [1.82, 2.24) is 4.57 Å². The number of aromatic nitrogens is 1. The molecule has 0 saturated carbocycles. The summed E-state index contributed by atoms with van der Waals surface area (Å²) in [7, 11) is 3.75. The van der Waals surface area contributed by atoms with Crippen LogP contribution in [0.2, 0.25) is 0 Å². The highest BCUT2D eigenvalue weighted by atomic mass is 16.5. The van der Waals surface area contributed by atoms with Crippen molar-refractivity contribution in [2.75, 3.05) is 13.7 Å². The molecule has 86 valence electrons. The molecule has 16 heavy (non-hydrogen) atoms. The Balaban J connectivity index is 2.64. The maximum Gasteiger partial charge on any atom is 0.0656 e. The van der Waals surface area contributed by atoms with Gasteiger partial charge in [-0.1, -0.05) is 18.2 Å². The lowest BCUT2D eigenvalue weighted by Gasteiger charge is -2.11. The minimum Gasteiger partial charge on any atom is -0.383 e. The zero-order chi connectivity index (χ0) is 11.7. The molecular weight excluding hydrogens is 200 g/mol. The summed E-state index contributed by atoms with van der Waals surface area (Å²) >= 11 is 0. The Morgan fingerprint density at radius 2 is 2.06 bits per heavy atom. The molecule has 0 amide bonds. The van der Waals surface area contributed by atoms with Crippen molar-refractivity contribution in [1.29, 1.82) is 0 Å². The number of hydrogen-bond acceptors (Lipinski definition) is 2. The molecule has 0 aliphatic heterocycles. The fourth-order valence-electron chi connectivity index (χ4n) is 2.28. The molecule has 0 saturated heterocycles. The van der Waals surface area contributed by atoms with Gasteiger partial charge >= 0.3 is 0 Å². The molecule has 0 spiro atoms. The lowest BCUT2D eigenvalue weighted by molar-refractivity contribution is 0.181. The monoisotopic (exact) mass is 218 g/mol. The average Bonchev–Trinajstić information content (AvgIpc) is 2.53. The Hall–Kier alpha value is -1.32. The molecule has 1 atom stereocenters. The first kappa shape index (κ1) is 11.2. The number of rotatable bonds is 3. The van der Waals surface area contributed by atoms with Gasteiger partial charge in [-0.25, -0.2) is 0 Å². The van der Waals surface area contributed by atoms with Crippen LogP contribution in [0.3, 0.4) is 0 Å². The molecule has 0 aliphatic rings. The quantitative estimate of drug-likeness (QED) is 0.857. The molecule has 0 aliphatic carbocycles. The third-order valence-corrected chi connectivity index (χ3v) is 3.17. The highest BCUT2D eigenvalue weighted by molar-refractivity contribution is 5.85. The molecule has 1 heterocycles. The molecule has 3 nitrogen and oxygen atoms in total. The minimum atomic E-state index is -0.0592. The first-order valence-electron chi connectivity index (χ1n) is 5.45. The standard InChI is InChI=1S/C13H18N2O/c1-9-13(11(14)8-16-3)10-6-4-5-7-12(10)15(9)2/h4-7,11H,8,14H2,1-3H3. The number of para-hydroxylation sites is 1. The van der Waals surface area contributed by atoms with Gasteiger partial charge in [-0.05, 0) is 18.6 Å². The maximum absolute atomic E-state index is 6.15. The summed E-state index contributed by atoms with van der Waals surface area (Å²) in [5.41, 5.74) is 9.78. The van der Waals surface area contributed by atoms with Gasteiger partial charge in [0.05, 0.1) is 12.6 Å². The predicted octanol–water partition coefficient (Wildman–Crippen LogP) is 2.13. The lowest BCUT2D eigenvalue weighted by Crippen LogP contribution is -2.17. The van der Waals surface area contributed by atoms with Gasteiger partial charge in [-0.2, -0.15) is 0 Å². The Morgan fingerprint density at radius 3 is 2.75 bits per heavy atom. The van der Waals surface area contributed by atoms with Gasteiger partial charge in [-0.3, -0.25) is 0 Å². The van der Waals surface area contributed by atoms with Gasteiger partial charge in [-0.15, -0.1) is 0 Å². The van der Waals surface area contributed by atoms with Crippen LogP contribution in [0.4, 0.5) is 0 Å². The predicted molar refractivity (Wildman–Crippen MR) is 66.5 cm³/mol. The summed E-state index contributed by atoms with van der Waals surface area (Å²) in [5, 5.41) is 1.23. The second-order valence-electron chi connectivity index (χ2n) is 4.14. The van der Waals surface area contributed by atoms with Crippen LogP contribution in [0.15, 0.2) is 24.3 Å². The van der Waals surface area contributed by atoms with E-state index < -0.39 is 0 Å². The number of methoxy groups -OCH3 is 1. The van der Waals surface area contributed by atoms with Crippen LogP contribution in [0.5, 0.6) is 0 Å². The third-order valence-electron chi connectivity index (χ3n) is 3.17. The first-order valence-corrected chi connectivity index (χ1v) is 5.45. The van der Waals surface area contributed by atoms with Gasteiger partial charge < -0.3 is 15.0 Å². The lowest BCUT2D eigenvalue weighted by atomic mass is 10.0. The number of fused-ring (bicyclic) bond motifs is 1. The highest BCUT2D eigenvalue weighted by Gasteiger charge is 2.16. The minimum absolute atomic E-state index is 0.0592. The number of nitrogens with zero attached hydrogens (tertiary/aromatic N) is 1. The smallest absolute Gasteiger partial charge is 0.0656 e. The normalized spacial score (nSPS) is 13.2. The summed E-state index contributed by atoms with van der Waals surface area (Å²) in [6.45, 7) is 2.65. The van der Waals surface area contributed by atoms with E-state index in [-0.39, 0.29) is 6.04 Å². The van der Waals surface area contributed by atoms with Crippen LogP contribution in [0.1, 0.15) is 17.3 Å². The molecule has 0 fully saturated rings. The molecule has 2 N–H and O–H groups in total. The van der Waals surface area contributed by atoms with E-state index in [9.17, 15) is 0 Å². The zero-order valence-electron chi connectivity index (χ0n) is 10.0. The molecule has 1 aromatic carbocycles. The van der Waals surface area contributed by atoms with Crippen LogP contribution in [0, 0.1) is 6.92 Å². The molecule has 1 aromatic heterocycles. The van der Waals surface area contributed by atoms with Crippen LogP contribution in [-0.4, -0.2) is 18.3 Å². The number of aryl methyl sites for hydroxylation is 1. The molecule has 1 unspecified atom stereocenters. The largest absolute Gasteiger partial charge is 0.383 e. The second-order valence-corrected chi connectivity index (χ2v) is 4.14. The molecular formula is C13H18N2O. The van der Waals surface area contributed by atoms with Crippen molar-refractivity contribution in [3.8, 4) is 0 Å². The van der Waals surface area contributed by atoms with Crippen molar-refractivity contribution in [2.24, 2.45) is 12.8 Å². The number of hydrogen-bond donors (Lipinski definition) is 1. The fourth-order valence-corrected chi connectivity index (χ4v) is 2.28. The van der Waals surface area contributed by atoms with E-state index in [1.807, 2.05) is 12.1 Å². The van der Waals surface area contributed by atoms with Crippen LogP contribution < -0.4 is 5.73 Å². The average molecular weight is 218 g/mol. The van der Waals surface area contributed by atoms with E-state index in [1.54, 1.807) is 7.11 Å². The van der Waals surface area contributed by atoms with Crippen molar-refractivity contribution < 1.29 is 4.74 Å². The highest BCUT2D eigenvalue weighted by Crippen LogP contribution is 2.28. The summed E-state index contributed by atoms with van der Waals surface area (Å²) in [6.07, 6.45) is 0. The van der Waals surface area contributed by atoms with Gasteiger partial charge in [0.25, 0.3) is 0 Å². The zero-order valence-corrected chi connectivity index (χ0v) is 10.0. The van der Waals surface area contributed by atoms with E-state index in [0.717, 1.165) is 0 Å². The summed E-state index contributed by atoms with van der Waals surface area (Å²) in [4.78, 5) is 0. The Kier molecular flexibility index (Phi) is 2.99. The van der Waals surface area contributed by atoms with Crippen molar-refractivity contribution >= 4 is 10.9 Å². The van der Waals surface area contributed by atoms with Crippen LogP contribution >= 0.6 is 0 Å². The Labute approximate surface area is 95.8 Å². The number of ether oxygens (including phenoxy) is 1. The maximum atomic E-state index is 6.15. The van der Waals surface area contributed by atoms with Crippen molar-refractivity contribution in [2.45, 2.75) is 13.0 Å². The van der Waals surface area contributed by atoms with Gasteiger partial charge in [0.15, 0.2) is 0 Å². The summed E-state index contributed by atoms with van der Waals surface area (Å²) in [6, 6.07) is 8.27. The number of nitrogens with two attached hydrogens (primary N) is 1. The molecule has 0 bridgehead atoms. The summed E-state index contributed by atoms with van der Waals surface area (Å²) < 4.78 is 7.32. The summed E-state index contributed by atoms with van der Waals surface area (Å²) in [5.74, 6) is 0. The molecule has 0 radical (unpaired) electrons. The molecule has 3 heteroatoms. The van der Waals surface area contributed by atoms with Gasteiger partial charge in [0.2, 0.25) is 0 Å². The van der Waals surface area contributed by atoms with Gasteiger partial charge in [0, 0.05) is 30.8 Å². The first-order chi connectivity index (χ1) is 7.66. The van der Waals surface area contributed by atoms with E-state index in [0.29, 0.717) is 6.61 Å². The molecule has 2 rings (SSSR count). The molecule has 2 aromatic rings. The van der Waals surface area contributed by atoms with E-state index in [4.69, 9.17) is 10.5 Å². The topological polar surface area (TPSA) is 40.2 Å². The fraction of sp³-hybridized carbons (Fsp3) is 0.385.